The molecule has 0 spiro atoms. The Morgan fingerprint density at radius 1 is 1.21 bits per heavy atom. The molecule has 0 fully saturated rings. The Morgan fingerprint density at radius 3 is 2.16 bits per heavy atom. The average Bonchev–Trinajstić information content (AvgIpc) is 2.26. The number of benzene rings is 1. The standard InChI is InChI=1S/C12H13Cl2NO4/c1-7(9-3-2-8(13)4-10(9)14)15(5-11(16)17)6-12(18)19/h2-4,7H,5-6H2,1H3,(H,16,17)(H,18,19). The predicted molar refractivity (Wildman–Crippen MR) is 71.7 cm³/mol. The average molecular weight is 306 g/mol. The molecule has 104 valence electrons. The predicted octanol–water partition coefficient (Wildman–Crippen LogP) is 2.53. The lowest BCUT2D eigenvalue weighted by atomic mass is 10.1. The summed E-state index contributed by atoms with van der Waals surface area (Å²) in [6, 6.07) is 4.37. The summed E-state index contributed by atoms with van der Waals surface area (Å²) in [5, 5.41) is 18.5. The Kier molecular flexibility index (Phi) is 5.60. The van der Waals surface area contributed by atoms with Crippen LogP contribution < -0.4 is 0 Å². The van der Waals surface area contributed by atoms with Crippen LogP contribution in [-0.2, 0) is 9.59 Å². The van der Waals surface area contributed by atoms with Crippen molar-refractivity contribution in [3.63, 3.8) is 0 Å². The largest absolute Gasteiger partial charge is 0.480 e. The summed E-state index contributed by atoms with van der Waals surface area (Å²) in [4.78, 5) is 22.9. The van der Waals surface area contributed by atoms with Gasteiger partial charge in [-0.2, -0.15) is 0 Å². The minimum absolute atomic E-state index is 0.376. The minimum atomic E-state index is -1.10. The summed E-state index contributed by atoms with van der Waals surface area (Å²) < 4.78 is 0. The summed E-state index contributed by atoms with van der Waals surface area (Å²) >= 11 is 11.8. The molecule has 0 bridgehead atoms. The highest BCUT2D eigenvalue weighted by Gasteiger charge is 2.22. The maximum Gasteiger partial charge on any atom is 0.317 e. The van der Waals surface area contributed by atoms with Gasteiger partial charge in [0.05, 0.1) is 13.1 Å². The highest BCUT2D eigenvalue weighted by Crippen LogP contribution is 2.29. The number of aliphatic carboxylic acids is 2. The van der Waals surface area contributed by atoms with Gasteiger partial charge in [0.25, 0.3) is 0 Å². The van der Waals surface area contributed by atoms with E-state index in [1.807, 2.05) is 0 Å². The smallest absolute Gasteiger partial charge is 0.317 e. The molecule has 0 saturated carbocycles. The molecule has 0 radical (unpaired) electrons. The van der Waals surface area contributed by atoms with Crippen LogP contribution in [-0.4, -0.2) is 40.1 Å². The van der Waals surface area contributed by atoms with Gasteiger partial charge in [0.15, 0.2) is 0 Å². The van der Waals surface area contributed by atoms with Crippen LogP contribution in [0.5, 0.6) is 0 Å². The van der Waals surface area contributed by atoms with Gasteiger partial charge >= 0.3 is 11.9 Å². The van der Waals surface area contributed by atoms with Gasteiger partial charge in [-0.3, -0.25) is 14.5 Å². The number of carboxylic acids is 2. The first-order valence-corrected chi connectivity index (χ1v) is 6.19. The van der Waals surface area contributed by atoms with Gasteiger partial charge in [-0.15, -0.1) is 0 Å². The van der Waals surface area contributed by atoms with Crippen LogP contribution in [0, 0.1) is 0 Å². The maximum absolute atomic E-state index is 10.8. The summed E-state index contributed by atoms with van der Waals surface area (Å²) in [7, 11) is 0. The zero-order valence-electron chi connectivity index (χ0n) is 10.1. The van der Waals surface area contributed by atoms with Gasteiger partial charge in [-0.05, 0) is 24.6 Å². The molecule has 0 aliphatic heterocycles. The van der Waals surface area contributed by atoms with Gasteiger partial charge in [0.1, 0.15) is 0 Å². The van der Waals surface area contributed by atoms with E-state index in [0.717, 1.165) is 0 Å². The van der Waals surface area contributed by atoms with Crippen molar-refractivity contribution in [2.75, 3.05) is 13.1 Å². The second-order valence-corrected chi connectivity index (χ2v) is 4.88. The SMILES string of the molecule is CC(c1ccc(Cl)cc1Cl)N(CC(=O)O)CC(=O)O. The van der Waals surface area contributed by atoms with E-state index in [4.69, 9.17) is 33.4 Å². The molecule has 0 aromatic heterocycles. The quantitative estimate of drug-likeness (QED) is 0.844. The molecule has 1 unspecified atom stereocenters. The van der Waals surface area contributed by atoms with Crippen molar-refractivity contribution in [1.82, 2.24) is 4.90 Å². The summed E-state index contributed by atoms with van der Waals surface area (Å²) in [5.41, 5.74) is 0.633. The lowest BCUT2D eigenvalue weighted by molar-refractivity contribution is -0.142. The highest BCUT2D eigenvalue weighted by atomic mass is 35.5. The number of hydrogen-bond donors (Lipinski definition) is 2. The molecule has 2 N–H and O–H groups in total. The fourth-order valence-corrected chi connectivity index (χ4v) is 2.28. The third-order valence-electron chi connectivity index (χ3n) is 2.64. The Balaban J connectivity index is 3.00. The first-order chi connectivity index (χ1) is 8.81. The second kappa shape index (κ2) is 6.75. The molecule has 0 saturated heterocycles. The lowest BCUT2D eigenvalue weighted by Gasteiger charge is -2.26. The van der Waals surface area contributed by atoms with E-state index in [9.17, 15) is 9.59 Å². The van der Waals surface area contributed by atoms with Crippen LogP contribution in [0.3, 0.4) is 0 Å². The van der Waals surface area contributed by atoms with Crippen LogP contribution in [0.1, 0.15) is 18.5 Å². The topological polar surface area (TPSA) is 77.8 Å². The van der Waals surface area contributed by atoms with Gasteiger partial charge in [0, 0.05) is 16.1 Å². The highest BCUT2D eigenvalue weighted by molar-refractivity contribution is 6.35. The lowest BCUT2D eigenvalue weighted by Crippen LogP contribution is -2.36. The van der Waals surface area contributed by atoms with Gasteiger partial charge in [-0.25, -0.2) is 0 Å². The number of halogens is 2. The fraction of sp³-hybridized carbons (Fsp3) is 0.333. The molecular formula is C12H13Cl2NO4. The first kappa shape index (κ1) is 15.8. The van der Waals surface area contributed by atoms with Crippen molar-refractivity contribution in [2.45, 2.75) is 13.0 Å². The van der Waals surface area contributed by atoms with Crippen molar-refractivity contribution in [2.24, 2.45) is 0 Å². The number of hydrogen-bond acceptors (Lipinski definition) is 3. The molecule has 0 heterocycles. The molecule has 1 aromatic rings. The molecule has 0 amide bonds. The maximum atomic E-state index is 10.8. The number of carboxylic acid groups (broad SMARTS) is 2. The van der Waals surface area contributed by atoms with Crippen LogP contribution in [0.25, 0.3) is 0 Å². The molecule has 0 aliphatic rings. The Labute approximate surface area is 120 Å². The normalized spacial score (nSPS) is 12.4. The van der Waals surface area contributed by atoms with Crippen LogP contribution in [0.2, 0.25) is 10.0 Å². The Bertz CT molecular complexity index is 477. The van der Waals surface area contributed by atoms with Crippen LogP contribution in [0.15, 0.2) is 18.2 Å². The van der Waals surface area contributed by atoms with Gasteiger partial charge < -0.3 is 10.2 Å². The van der Waals surface area contributed by atoms with Crippen molar-refractivity contribution < 1.29 is 19.8 Å². The van der Waals surface area contributed by atoms with E-state index >= 15 is 0 Å². The van der Waals surface area contributed by atoms with Crippen LogP contribution >= 0.6 is 23.2 Å². The fourth-order valence-electron chi connectivity index (χ4n) is 1.71. The van der Waals surface area contributed by atoms with Crippen molar-refractivity contribution in [1.29, 1.82) is 0 Å². The van der Waals surface area contributed by atoms with Gasteiger partial charge in [0.2, 0.25) is 0 Å². The molecule has 0 aliphatic carbocycles. The molecule has 1 rings (SSSR count). The number of carbonyl (C=O) groups is 2. The van der Waals surface area contributed by atoms with E-state index in [1.165, 1.54) is 11.0 Å². The molecule has 1 atom stereocenters. The van der Waals surface area contributed by atoms with E-state index in [-0.39, 0.29) is 13.1 Å². The molecule has 7 heteroatoms. The summed E-state index contributed by atoms with van der Waals surface area (Å²) in [6.45, 7) is 0.930. The third-order valence-corrected chi connectivity index (χ3v) is 3.20. The Hall–Kier alpha value is -1.30. The van der Waals surface area contributed by atoms with Crippen molar-refractivity contribution >= 4 is 35.1 Å². The molecule has 19 heavy (non-hydrogen) atoms. The molecule has 1 aromatic carbocycles. The number of rotatable bonds is 6. The summed E-state index contributed by atoms with van der Waals surface area (Å²) in [5.74, 6) is -2.20. The second-order valence-electron chi connectivity index (χ2n) is 4.03. The van der Waals surface area contributed by atoms with E-state index in [2.05, 4.69) is 0 Å². The zero-order valence-corrected chi connectivity index (χ0v) is 11.6. The third kappa shape index (κ3) is 4.70. The monoisotopic (exact) mass is 305 g/mol. The number of nitrogens with zero attached hydrogens (tertiary/aromatic N) is 1. The van der Waals surface area contributed by atoms with E-state index < -0.39 is 18.0 Å². The summed E-state index contributed by atoms with van der Waals surface area (Å²) in [6.07, 6.45) is 0. The molecular weight excluding hydrogens is 293 g/mol. The van der Waals surface area contributed by atoms with Gasteiger partial charge in [-0.1, -0.05) is 29.3 Å². The Morgan fingerprint density at radius 2 is 1.74 bits per heavy atom. The zero-order chi connectivity index (χ0) is 14.6. The molecule has 5 nitrogen and oxygen atoms in total. The van der Waals surface area contributed by atoms with Crippen molar-refractivity contribution in [3.05, 3.63) is 33.8 Å². The first-order valence-electron chi connectivity index (χ1n) is 5.44. The minimum Gasteiger partial charge on any atom is -0.480 e. The van der Waals surface area contributed by atoms with Crippen molar-refractivity contribution in [3.8, 4) is 0 Å². The van der Waals surface area contributed by atoms with Crippen LogP contribution in [0.4, 0.5) is 0 Å². The van der Waals surface area contributed by atoms with E-state index in [0.29, 0.717) is 15.6 Å². The van der Waals surface area contributed by atoms with E-state index in [1.54, 1.807) is 19.1 Å².